The summed E-state index contributed by atoms with van der Waals surface area (Å²) in [4.78, 5) is 43.4. The van der Waals surface area contributed by atoms with Crippen LogP contribution in [-0.2, 0) is 14.3 Å². The standard InChI is InChI=1S/C29H31N3O8S/c1-6-38-26-18(9-8-10-20(26)36-4)25-24(28(35)39-7-2)16(3)31-29-32(25)27(34)22(41-29)14-17-11-12-19(21(13-17)37-5)40-15-23(30)33/h8-14,25H,6-7,15H2,1-5H3,(H2,30,33)/b22-14+/t25-/m1/s1. The number of esters is 1. The van der Waals surface area contributed by atoms with E-state index in [-0.39, 0.29) is 24.3 Å². The van der Waals surface area contributed by atoms with E-state index in [1.54, 1.807) is 56.3 Å². The van der Waals surface area contributed by atoms with Gasteiger partial charge in [0.15, 0.2) is 34.4 Å². The van der Waals surface area contributed by atoms with Gasteiger partial charge in [0.25, 0.3) is 11.5 Å². The topological polar surface area (TPSA) is 141 Å². The molecule has 0 saturated heterocycles. The number of thiazole rings is 1. The molecule has 0 fully saturated rings. The molecule has 0 unspecified atom stereocenters. The van der Waals surface area contributed by atoms with Crippen LogP contribution in [0.4, 0.5) is 0 Å². The number of amides is 1. The van der Waals surface area contributed by atoms with Crippen LogP contribution in [0.25, 0.3) is 6.08 Å². The van der Waals surface area contributed by atoms with Crippen LogP contribution in [0.5, 0.6) is 23.0 Å². The van der Waals surface area contributed by atoms with Crippen molar-refractivity contribution in [1.82, 2.24) is 4.57 Å². The number of carbonyl (C=O) groups is 2. The molecule has 0 aliphatic carbocycles. The summed E-state index contributed by atoms with van der Waals surface area (Å²) in [5, 5.41) is 0. The summed E-state index contributed by atoms with van der Waals surface area (Å²) in [6.45, 7) is 5.47. The molecular weight excluding hydrogens is 550 g/mol. The molecule has 2 heterocycles. The predicted molar refractivity (Wildman–Crippen MR) is 152 cm³/mol. The molecule has 2 N–H and O–H groups in total. The molecule has 0 bridgehead atoms. The Balaban J connectivity index is 1.92. The fraction of sp³-hybridized carbons (Fsp3) is 0.310. The lowest BCUT2D eigenvalue weighted by atomic mass is 9.94. The molecule has 4 rings (SSSR count). The van der Waals surface area contributed by atoms with E-state index in [0.29, 0.717) is 55.8 Å². The van der Waals surface area contributed by atoms with E-state index in [1.807, 2.05) is 6.92 Å². The van der Waals surface area contributed by atoms with Crippen molar-refractivity contribution in [2.24, 2.45) is 10.7 Å². The molecule has 2 aromatic carbocycles. The molecule has 0 spiro atoms. The number of rotatable bonds is 11. The number of fused-ring (bicyclic) bond motifs is 1. The number of aromatic nitrogens is 1. The lowest BCUT2D eigenvalue weighted by Gasteiger charge is -2.26. The van der Waals surface area contributed by atoms with Gasteiger partial charge in [0.05, 0.1) is 43.2 Å². The summed E-state index contributed by atoms with van der Waals surface area (Å²) in [6.07, 6.45) is 1.69. The van der Waals surface area contributed by atoms with Crippen molar-refractivity contribution in [1.29, 1.82) is 0 Å². The SMILES string of the molecule is CCOC(=O)C1=C(C)N=c2s/c(=C/c3ccc(OCC(N)=O)c(OC)c3)c(=O)n2[C@@H]1c1cccc(OC)c1OCC. The Hall–Kier alpha value is -4.58. The van der Waals surface area contributed by atoms with E-state index < -0.39 is 17.9 Å². The van der Waals surface area contributed by atoms with E-state index in [0.717, 1.165) is 0 Å². The Morgan fingerprint density at radius 2 is 1.80 bits per heavy atom. The molecule has 216 valence electrons. The maximum atomic E-state index is 14.0. The van der Waals surface area contributed by atoms with E-state index in [1.165, 1.54) is 30.1 Å². The maximum absolute atomic E-state index is 14.0. The van der Waals surface area contributed by atoms with E-state index >= 15 is 0 Å². The molecule has 1 aromatic heterocycles. The molecule has 1 aliphatic rings. The average Bonchev–Trinajstić information content (AvgIpc) is 3.25. The largest absolute Gasteiger partial charge is 0.493 e. The molecule has 1 atom stereocenters. The first kappa shape index (κ1) is 29.4. The number of methoxy groups -OCH3 is 2. The van der Waals surface area contributed by atoms with Crippen molar-refractivity contribution in [2.75, 3.05) is 34.0 Å². The van der Waals surface area contributed by atoms with Crippen molar-refractivity contribution < 1.29 is 33.3 Å². The molecule has 12 heteroatoms. The van der Waals surface area contributed by atoms with Gasteiger partial charge in [-0.15, -0.1) is 0 Å². The van der Waals surface area contributed by atoms with Crippen LogP contribution in [0.3, 0.4) is 0 Å². The Morgan fingerprint density at radius 3 is 2.46 bits per heavy atom. The van der Waals surface area contributed by atoms with Crippen molar-refractivity contribution in [3.8, 4) is 23.0 Å². The number of nitrogens with zero attached hydrogens (tertiary/aromatic N) is 2. The summed E-state index contributed by atoms with van der Waals surface area (Å²) in [5.41, 5.74) is 6.70. The minimum Gasteiger partial charge on any atom is -0.493 e. The van der Waals surface area contributed by atoms with E-state index in [4.69, 9.17) is 29.4 Å². The number of ether oxygens (including phenoxy) is 5. The Labute approximate surface area is 240 Å². The molecule has 3 aromatic rings. The summed E-state index contributed by atoms with van der Waals surface area (Å²) in [5.74, 6) is 0.396. The molecular formula is C29H31N3O8S. The number of carbonyl (C=O) groups excluding carboxylic acids is 2. The second-order valence-corrected chi connectivity index (χ2v) is 9.79. The number of hydrogen-bond acceptors (Lipinski definition) is 10. The van der Waals surface area contributed by atoms with E-state index in [2.05, 4.69) is 4.99 Å². The van der Waals surface area contributed by atoms with Gasteiger partial charge in [0, 0.05) is 5.56 Å². The zero-order chi connectivity index (χ0) is 29.7. The Bertz CT molecular complexity index is 1690. The fourth-order valence-corrected chi connectivity index (χ4v) is 5.53. The van der Waals surface area contributed by atoms with Gasteiger partial charge in [0.2, 0.25) is 0 Å². The molecule has 0 radical (unpaired) electrons. The third-order valence-corrected chi connectivity index (χ3v) is 7.17. The smallest absolute Gasteiger partial charge is 0.338 e. The third-order valence-electron chi connectivity index (χ3n) is 6.18. The minimum absolute atomic E-state index is 0.157. The van der Waals surface area contributed by atoms with Gasteiger partial charge in [-0.1, -0.05) is 29.5 Å². The normalized spacial score (nSPS) is 14.7. The molecule has 0 saturated carbocycles. The predicted octanol–water partition coefficient (Wildman–Crippen LogP) is 2.08. The van der Waals surface area contributed by atoms with E-state index in [9.17, 15) is 14.4 Å². The fourth-order valence-electron chi connectivity index (χ4n) is 4.49. The van der Waals surface area contributed by atoms with Crippen molar-refractivity contribution in [3.05, 3.63) is 78.5 Å². The van der Waals surface area contributed by atoms with Crippen molar-refractivity contribution in [3.63, 3.8) is 0 Å². The quantitative estimate of drug-likeness (QED) is 0.340. The third kappa shape index (κ3) is 5.97. The highest BCUT2D eigenvalue weighted by Gasteiger charge is 2.36. The number of benzene rings is 2. The highest BCUT2D eigenvalue weighted by Crippen LogP contribution is 2.40. The van der Waals surface area contributed by atoms with Gasteiger partial charge < -0.3 is 29.4 Å². The molecule has 1 amide bonds. The van der Waals surface area contributed by atoms with Crippen LogP contribution in [0, 0.1) is 0 Å². The van der Waals surface area contributed by atoms with Gasteiger partial charge in [-0.2, -0.15) is 0 Å². The first-order valence-corrected chi connectivity index (χ1v) is 13.6. The van der Waals surface area contributed by atoms with Gasteiger partial charge >= 0.3 is 5.97 Å². The first-order valence-electron chi connectivity index (χ1n) is 12.8. The maximum Gasteiger partial charge on any atom is 0.338 e. The van der Waals surface area contributed by atoms with Crippen LogP contribution in [0.2, 0.25) is 0 Å². The Kier molecular flexibility index (Phi) is 9.13. The van der Waals surface area contributed by atoms with Gasteiger partial charge in [-0.3, -0.25) is 14.2 Å². The summed E-state index contributed by atoms with van der Waals surface area (Å²) < 4.78 is 29.5. The first-order chi connectivity index (χ1) is 19.7. The second-order valence-electron chi connectivity index (χ2n) is 8.78. The molecule has 1 aliphatic heterocycles. The highest BCUT2D eigenvalue weighted by atomic mass is 32.1. The van der Waals surface area contributed by atoms with Gasteiger partial charge in [-0.25, -0.2) is 9.79 Å². The highest BCUT2D eigenvalue weighted by molar-refractivity contribution is 7.07. The Morgan fingerprint density at radius 1 is 1.05 bits per heavy atom. The number of primary amides is 1. The number of nitrogens with two attached hydrogens (primary N) is 1. The number of allylic oxidation sites excluding steroid dienone is 1. The monoisotopic (exact) mass is 581 g/mol. The molecule has 11 nitrogen and oxygen atoms in total. The second kappa shape index (κ2) is 12.7. The zero-order valence-corrected chi connectivity index (χ0v) is 24.2. The lowest BCUT2D eigenvalue weighted by Crippen LogP contribution is -2.40. The van der Waals surface area contributed by atoms with Crippen molar-refractivity contribution in [2.45, 2.75) is 26.8 Å². The van der Waals surface area contributed by atoms with Crippen LogP contribution < -0.4 is 39.6 Å². The van der Waals surface area contributed by atoms with Crippen LogP contribution >= 0.6 is 11.3 Å². The summed E-state index contributed by atoms with van der Waals surface area (Å²) in [6, 6.07) is 9.48. The average molecular weight is 582 g/mol. The summed E-state index contributed by atoms with van der Waals surface area (Å²) in [7, 11) is 2.99. The molecule has 41 heavy (non-hydrogen) atoms. The van der Waals surface area contributed by atoms with Gasteiger partial charge in [-0.05, 0) is 50.6 Å². The number of hydrogen-bond donors (Lipinski definition) is 1. The van der Waals surface area contributed by atoms with Crippen LogP contribution in [0.1, 0.15) is 37.9 Å². The minimum atomic E-state index is -0.872. The van der Waals surface area contributed by atoms with Crippen LogP contribution in [0.15, 0.2) is 57.5 Å². The lowest BCUT2D eigenvalue weighted by molar-refractivity contribution is -0.139. The number of para-hydroxylation sites is 1. The van der Waals surface area contributed by atoms with Gasteiger partial charge in [0.1, 0.15) is 6.04 Å². The summed E-state index contributed by atoms with van der Waals surface area (Å²) >= 11 is 1.18. The van der Waals surface area contributed by atoms with Crippen LogP contribution in [-0.4, -0.2) is 50.5 Å². The van der Waals surface area contributed by atoms with Crippen molar-refractivity contribution >= 4 is 29.3 Å². The zero-order valence-electron chi connectivity index (χ0n) is 23.4.